The van der Waals surface area contributed by atoms with Crippen molar-refractivity contribution >= 4 is 27.3 Å². The summed E-state index contributed by atoms with van der Waals surface area (Å²) < 4.78 is 33.3. The van der Waals surface area contributed by atoms with Crippen LogP contribution in [0.5, 0.6) is 5.75 Å². The number of ether oxygens (including phenoxy) is 1. The zero-order chi connectivity index (χ0) is 24.6. The molecule has 182 valence electrons. The third-order valence-electron chi connectivity index (χ3n) is 6.78. The number of amides is 1. The Labute approximate surface area is 206 Å². The molecule has 35 heavy (non-hydrogen) atoms. The summed E-state index contributed by atoms with van der Waals surface area (Å²) in [7, 11) is -2.02. The minimum absolute atomic E-state index is 0.0146. The van der Waals surface area contributed by atoms with Gasteiger partial charge in [0, 0.05) is 43.5 Å². The molecule has 1 fully saturated rings. The molecule has 1 amide bonds. The summed E-state index contributed by atoms with van der Waals surface area (Å²) in [5.41, 5.74) is 3.26. The average molecular weight is 492 g/mol. The number of anilines is 2. The summed E-state index contributed by atoms with van der Waals surface area (Å²) in [5, 5.41) is 0. The Balaban J connectivity index is 1.30. The summed E-state index contributed by atoms with van der Waals surface area (Å²) in [5.74, 6) is 0.808. The van der Waals surface area contributed by atoms with Crippen molar-refractivity contribution in [2.24, 2.45) is 0 Å². The second-order valence-electron chi connectivity index (χ2n) is 8.99. The first kappa shape index (κ1) is 23.2. The molecule has 0 unspecified atom stereocenters. The molecule has 2 heterocycles. The van der Waals surface area contributed by atoms with Crippen LogP contribution in [0.15, 0.2) is 77.7 Å². The third kappa shape index (κ3) is 4.34. The van der Waals surface area contributed by atoms with Gasteiger partial charge in [0.1, 0.15) is 5.75 Å². The van der Waals surface area contributed by atoms with Crippen LogP contribution in [0.4, 0.5) is 11.4 Å². The van der Waals surface area contributed by atoms with Gasteiger partial charge >= 0.3 is 0 Å². The lowest BCUT2D eigenvalue weighted by atomic mass is 10.1. The van der Waals surface area contributed by atoms with Crippen molar-refractivity contribution in [2.45, 2.75) is 24.3 Å². The number of rotatable bonds is 5. The SMILES string of the molecule is COc1ccc(N2CCN(C(=O)c3ccc4c(c3)C[C@H](C)N4S(=O)(=O)c3ccccc3)CC2)cc1. The Morgan fingerprint density at radius 2 is 1.60 bits per heavy atom. The molecule has 0 spiro atoms. The van der Waals surface area contributed by atoms with Crippen LogP contribution in [-0.4, -0.2) is 58.6 Å². The van der Waals surface area contributed by atoms with Crippen molar-refractivity contribution in [2.75, 3.05) is 42.5 Å². The first-order chi connectivity index (χ1) is 16.9. The van der Waals surface area contributed by atoms with E-state index in [1.165, 1.54) is 4.31 Å². The van der Waals surface area contributed by atoms with E-state index < -0.39 is 10.0 Å². The molecule has 7 nitrogen and oxygen atoms in total. The van der Waals surface area contributed by atoms with E-state index in [0.717, 1.165) is 30.1 Å². The van der Waals surface area contributed by atoms with E-state index in [2.05, 4.69) is 4.90 Å². The highest BCUT2D eigenvalue weighted by atomic mass is 32.2. The molecular formula is C27H29N3O4S. The average Bonchev–Trinajstić information content (AvgIpc) is 3.24. The van der Waals surface area contributed by atoms with Crippen LogP contribution in [0, 0.1) is 0 Å². The fraction of sp³-hybridized carbons (Fsp3) is 0.296. The lowest BCUT2D eigenvalue weighted by Crippen LogP contribution is -2.48. The van der Waals surface area contributed by atoms with Gasteiger partial charge in [0.25, 0.3) is 15.9 Å². The Morgan fingerprint density at radius 1 is 0.914 bits per heavy atom. The number of benzene rings is 3. The molecule has 2 aliphatic heterocycles. The highest BCUT2D eigenvalue weighted by Crippen LogP contribution is 2.37. The Hall–Kier alpha value is -3.52. The molecule has 0 aromatic heterocycles. The highest BCUT2D eigenvalue weighted by Gasteiger charge is 2.36. The van der Waals surface area contributed by atoms with Crippen LogP contribution in [0.1, 0.15) is 22.8 Å². The molecule has 3 aromatic rings. The maximum Gasteiger partial charge on any atom is 0.264 e. The first-order valence-corrected chi connectivity index (χ1v) is 13.2. The molecule has 0 aliphatic carbocycles. The van der Waals surface area contributed by atoms with Gasteiger partial charge in [-0.15, -0.1) is 0 Å². The van der Waals surface area contributed by atoms with Gasteiger partial charge in [-0.05, 0) is 73.5 Å². The fourth-order valence-corrected chi connectivity index (χ4v) is 6.66. The summed E-state index contributed by atoms with van der Waals surface area (Å²) in [6.45, 7) is 4.67. The molecule has 0 bridgehead atoms. The Morgan fingerprint density at radius 3 is 2.26 bits per heavy atom. The molecule has 8 heteroatoms. The largest absolute Gasteiger partial charge is 0.497 e. The summed E-state index contributed by atoms with van der Waals surface area (Å²) in [6, 6.07) is 21.6. The van der Waals surface area contributed by atoms with Gasteiger partial charge in [-0.3, -0.25) is 9.10 Å². The van der Waals surface area contributed by atoms with E-state index in [1.54, 1.807) is 49.6 Å². The molecule has 0 N–H and O–H groups in total. The number of carbonyl (C=O) groups excluding carboxylic acids is 1. The lowest BCUT2D eigenvalue weighted by molar-refractivity contribution is 0.0746. The standard InChI is InChI=1S/C27H29N3O4S/c1-20-18-22-19-21(8-13-26(22)30(20)35(32,33)25-6-4-3-5-7-25)27(31)29-16-14-28(15-17-29)23-9-11-24(34-2)12-10-23/h3-13,19-20H,14-18H2,1-2H3/t20-/m0/s1. The Kier molecular flexibility index (Phi) is 6.15. The molecule has 2 aliphatic rings. The van der Waals surface area contributed by atoms with Gasteiger partial charge < -0.3 is 14.5 Å². The minimum atomic E-state index is -3.67. The minimum Gasteiger partial charge on any atom is -0.497 e. The van der Waals surface area contributed by atoms with Gasteiger partial charge in [0.2, 0.25) is 0 Å². The van der Waals surface area contributed by atoms with E-state index in [1.807, 2.05) is 42.2 Å². The highest BCUT2D eigenvalue weighted by molar-refractivity contribution is 7.92. The zero-order valence-electron chi connectivity index (χ0n) is 19.9. The van der Waals surface area contributed by atoms with E-state index in [4.69, 9.17) is 4.74 Å². The number of carbonyl (C=O) groups is 1. The van der Waals surface area contributed by atoms with Crippen LogP contribution >= 0.6 is 0 Å². The fourth-order valence-electron chi connectivity index (χ4n) is 4.95. The molecule has 5 rings (SSSR count). The Bertz CT molecular complexity index is 1320. The second-order valence-corrected chi connectivity index (χ2v) is 10.8. The van der Waals surface area contributed by atoms with Crippen LogP contribution < -0.4 is 13.9 Å². The topological polar surface area (TPSA) is 70.2 Å². The monoisotopic (exact) mass is 491 g/mol. The van der Waals surface area contributed by atoms with Crippen LogP contribution in [0.3, 0.4) is 0 Å². The number of fused-ring (bicyclic) bond motifs is 1. The van der Waals surface area contributed by atoms with Gasteiger partial charge in [0.15, 0.2) is 0 Å². The van der Waals surface area contributed by atoms with Crippen LogP contribution in [0.25, 0.3) is 0 Å². The van der Waals surface area contributed by atoms with Gasteiger partial charge in [0.05, 0.1) is 17.7 Å². The summed E-state index contributed by atoms with van der Waals surface area (Å²) >= 11 is 0. The quantitative estimate of drug-likeness (QED) is 0.543. The van der Waals surface area contributed by atoms with E-state index in [-0.39, 0.29) is 16.8 Å². The van der Waals surface area contributed by atoms with Gasteiger partial charge in [-0.25, -0.2) is 8.42 Å². The molecule has 0 saturated carbocycles. The molecular weight excluding hydrogens is 462 g/mol. The van der Waals surface area contributed by atoms with Crippen molar-refractivity contribution in [3.05, 3.63) is 83.9 Å². The molecule has 0 radical (unpaired) electrons. The normalized spacial score (nSPS) is 17.9. The number of hydrogen-bond acceptors (Lipinski definition) is 5. The number of sulfonamides is 1. The van der Waals surface area contributed by atoms with Crippen molar-refractivity contribution in [1.82, 2.24) is 4.90 Å². The molecule has 1 atom stereocenters. The number of hydrogen-bond donors (Lipinski definition) is 0. The number of nitrogens with zero attached hydrogens (tertiary/aromatic N) is 3. The van der Waals surface area contributed by atoms with E-state index in [0.29, 0.717) is 30.8 Å². The third-order valence-corrected chi connectivity index (χ3v) is 8.73. The molecule has 1 saturated heterocycles. The first-order valence-electron chi connectivity index (χ1n) is 11.8. The van der Waals surface area contributed by atoms with Crippen molar-refractivity contribution in [3.8, 4) is 5.75 Å². The predicted molar refractivity (Wildman–Crippen MR) is 137 cm³/mol. The van der Waals surface area contributed by atoms with Gasteiger partial charge in [-0.1, -0.05) is 18.2 Å². The van der Waals surface area contributed by atoms with Crippen molar-refractivity contribution in [1.29, 1.82) is 0 Å². The predicted octanol–water partition coefficient (Wildman–Crippen LogP) is 3.80. The summed E-state index contributed by atoms with van der Waals surface area (Å²) in [6.07, 6.45) is 0.577. The van der Waals surface area contributed by atoms with Crippen LogP contribution in [0.2, 0.25) is 0 Å². The van der Waals surface area contributed by atoms with Crippen LogP contribution in [-0.2, 0) is 16.4 Å². The van der Waals surface area contributed by atoms with E-state index >= 15 is 0 Å². The van der Waals surface area contributed by atoms with E-state index in [9.17, 15) is 13.2 Å². The second kappa shape index (κ2) is 9.26. The van der Waals surface area contributed by atoms with Gasteiger partial charge in [-0.2, -0.15) is 0 Å². The number of piperazine rings is 1. The lowest BCUT2D eigenvalue weighted by Gasteiger charge is -2.36. The van der Waals surface area contributed by atoms with Crippen molar-refractivity contribution < 1.29 is 17.9 Å². The number of methoxy groups -OCH3 is 1. The van der Waals surface area contributed by atoms with Crippen molar-refractivity contribution in [3.63, 3.8) is 0 Å². The summed E-state index contributed by atoms with van der Waals surface area (Å²) in [4.78, 5) is 17.7. The maximum absolute atomic E-state index is 13.3. The smallest absolute Gasteiger partial charge is 0.264 e. The zero-order valence-corrected chi connectivity index (χ0v) is 20.7. The molecule has 3 aromatic carbocycles. The maximum atomic E-state index is 13.3.